The summed E-state index contributed by atoms with van der Waals surface area (Å²) < 4.78 is 0. The summed E-state index contributed by atoms with van der Waals surface area (Å²) in [4.78, 5) is 27.0. The molecule has 2 fully saturated rings. The van der Waals surface area contributed by atoms with Gasteiger partial charge < -0.3 is 16.0 Å². The van der Waals surface area contributed by atoms with Gasteiger partial charge in [0, 0.05) is 23.9 Å². The second kappa shape index (κ2) is 7.34. The predicted octanol–water partition coefficient (Wildman–Crippen LogP) is 2.89. The van der Waals surface area contributed by atoms with Gasteiger partial charge in [0.2, 0.25) is 5.91 Å². The van der Waals surface area contributed by atoms with Crippen molar-refractivity contribution in [2.45, 2.75) is 44.6 Å². The Balaban J connectivity index is 1.61. The zero-order valence-corrected chi connectivity index (χ0v) is 14.2. The minimum Gasteiger partial charge on any atom is -0.369 e. The number of carbonyl (C=O) groups is 2. The Kier molecular flexibility index (Phi) is 5.20. The number of urea groups is 1. The maximum absolute atomic E-state index is 12.6. The van der Waals surface area contributed by atoms with E-state index in [1.807, 2.05) is 11.0 Å². The number of likely N-dealkylation sites (tertiary alicyclic amines) is 1. The van der Waals surface area contributed by atoms with Crippen molar-refractivity contribution in [3.63, 3.8) is 0 Å². The summed E-state index contributed by atoms with van der Waals surface area (Å²) in [5, 5.41) is 5.33. The van der Waals surface area contributed by atoms with Gasteiger partial charge in [-0.25, -0.2) is 4.79 Å². The fraction of sp³-hybridized carbons (Fsp3) is 0.647. The third kappa shape index (κ3) is 3.86. The van der Waals surface area contributed by atoms with Crippen LogP contribution in [0.1, 0.15) is 49.4 Å². The molecule has 1 unspecified atom stereocenters. The Labute approximate surface area is 141 Å². The molecular formula is C17H25N3O2S. The van der Waals surface area contributed by atoms with Gasteiger partial charge in [-0.3, -0.25) is 4.79 Å². The van der Waals surface area contributed by atoms with E-state index in [-0.39, 0.29) is 23.9 Å². The van der Waals surface area contributed by atoms with Crippen LogP contribution in [0.5, 0.6) is 0 Å². The molecule has 1 aliphatic heterocycles. The first kappa shape index (κ1) is 16.3. The second-order valence-electron chi connectivity index (χ2n) is 6.65. The van der Waals surface area contributed by atoms with Crippen LogP contribution >= 0.6 is 11.3 Å². The van der Waals surface area contributed by atoms with Gasteiger partial charge in [0.15, 0.2) is 0 Å². The smallest absolute Gasteiger partial charge is 0.317 e. The molecule has 2 heterocycles. The van der Waals surface area contributed by atoms with E-state index in [0.717, 1.165) is 0 Å². The highest BCUT2D eigenvalue weighted by atomic mass is 32.1. The van der Waals surface area contributed by atoms with Crippen molar-refractivity contribution in [2.75, 3.05) is 13.1 Å². The summed E-state index contributed by atoms with van der Waals surface area (Å²) in [7, 11) is 0. The molecule has 3 amide bonds. The van der Waals surface area contributed by atoms with Gasteiger partial charge in [0.1, 0.15) is 0 Å². The van der Waals surface area contributed by atoms with Crippen LogP contribution < -0.4 is 11.1 Å². The number of carbonyl (C=O) groups excluding carboxylic acids is 2. The van der Waals surface area contributed by atoms with E-state index >= 15 is 0 Å². The highest BCUT2D eigenvalue weighted by molar-refractivity contribution is 7.10. The maximum Gasteiger partial charge on any atom is 0.317 e. The number of rotatable bonds is 4. The first-order chi connectivity index (χ1) is 11.1. The van der Waals surface area contributed by atoms with Crippen LogP contribution in [0, 0.1) is 11.8 Å². The minimum atomic E-state index is -0.243. The van der Waals surface area contributed by atoms with E-state index in [2.05, 4.69) is 16.8 Å². The maximum atomic E-state index is 12.6. The lowest BCUT2D eigenvalue weighted by Crippen LogP contribution is -2.47. The van der Waals surface area contributed by atoms with E-state index in [1.165, 1.54) is 30.6 Å². The van der Waals surface area contributed by atoms with Crippen LogP contribution in [0.4, 0.5) is 4.79 Å². The molecule has 1 aromatic heterocycles. The lowest BCUT2D eigenvalue weighted by atomic mass is 9.95. The van der Waals surface area contributed by atoms with Crippen molar-refractivity contribution >= 4 is 23.3 Å². The number of amides is 3. The van der Waals surface area contributed by atoms with Gasteiger partial charge in [0.05, 0.1) is 6.04 Å². The first-order valence-corrected chi connectivity index (χ1v) is 9.41. The average molecular weight is 335 g/mol. The summed E-state index contributed by atoms with van der Waals surface area (Å²) in [6, 6.07) is 4.29. The van der Waals surface area contributed by atoms with Crippen molar-refractivity contribution in [3.8, 4) is 0 Å². The van der Waals surface area contributed by atoms with Gasteiger partial charge in [-0.05, 0) is 43.0 Å². The quantitative estimate of drug-likeness (QED) is 0.888. The largest absolute Gasteiger partial charge is 0.369 e. The Morgan fingerprint density at radius 2 is 1.91 bits per heavy atom. The van der Waals surface area contributed by atoms with Gasteiger partial charge >= 0.3 is 6.03 Å². The molecule has 126 valence electrons. The fourth-order valence-electron chi connectivity index (χ4n) is 3.77. The Morgan fingerprint density at radius 3 is 2.48 bits per heavy atom. The van der Waals surface area contributed by atoms with E-state index in [4.69, 9.17) is 5.73 Å². The SMILES string of the molecule is NC(=O)C1CCN(C(=O)NC(c2cccs2)C2CCCC2)CC1. The molecular weight excluding hydrogens is 310 g/mol. The minimum absolute atomic E-state index is 0.00165. The Morgan fingerprint density at radius 1 is 1.22 bits per heavy atom. The van der Waals surface area contributed by atoms with E-state index < -0.39 is 0 Å². The number of nitrogens with one attached hydrogen (secondary N) is 1. The molecule has 0 aromatic carbocycles. The number of primary amides is 1. The molecule has 2 aliphatic rings. The van der Waals surface area contributed by atoms with Crippen LogP contribution in [-0.4, -0.2) is 29.9 Å². The zero-order chi connectivity index (χ0) is 16.2. The highest BCUT2D eigenvalue weighted by Gasteiger charge is 2.31. The van der Waals surface area contributed by atoms with Gasteiger partial charge in [-0.1, -0.05) is 18.9 Å². The molecule has 1 atom stereocenters. The number of nitrogens with two attached hydrogens (primary N) is 1. The van der Waals surface area contributed by atoms with Crippen LogP contribution in [0.2, 0.25) is 0 Å². The van der Waals surface area contributed by atoms with E-state index in [1.54, 1.807) is 11.3 Å². The van der Waals surface area contributed by atoms with Crippen LogP contribution in [0.15, 0.2) is 17.5 Å². The van der Waals surface area contributed by atoms with Crippen LogP contribution in [0.25, 0.3) is 0 Å². The van der Waals surface area contributed by atoms with Crippen molar-refractivity contribution in [1.29, 1.82) is 0 Å². The molecule has 1 aromatic rings. The predicted molar refractivity (Wildman–Crippen MR) is 91.0 cm³/mol. The molecule has 3 rings (SSSR count). The lowest BCUT2D eigenvalue weighted by molar-refractivity contribution is -0.123. The van der Waals surface area contributed by atoms with Crippen LogP contribution in [0.3, 0.4) is 0 Å². The van der Waals surface area contributed by atoms with Crippen LogP contribution in [-0.2, 0) is 4.79 Å². The molecule has 1 saturated heterocycles. The zero-order valence-electron chi connectivity index (χ0n) is 13.4. The highest BCUT2D eigenvalue weighted by Crippen LogP contribution is 2.37. The number of piperidine rings is 1. The number of hydrogen-bond acceptors (Lipinski definition) is 3. The van der Waals surface area contributed by atoms with Gasteiger partial charge in [-0.15, -0.1) is 11.3 Å². The number of hydrogen-bond donors (Lipinski definition) is 2. The van der Waals surface area contributed by atoms with Gasteiger partial charge in [0.25, 0.3) is 0 Å². The molecule has 23 heavy (non-hydrogen) atoms. The fourth-order valence-corrected chi connectivity index (χ4v) is 4.64. The number of nitrogens with zero attached hydrogens (tertiary/aromatic N) is 1. The van der Waals surface area contributed by atoms with Crippen molar-refractivity contribution in [2.24, 2.45) is 17.6 Å². The molecule has 6 heteroatoms. The third-order valence-electron chi connectivity index (χ3n) is 5.18. The molecule has 0 bridgehead atoms. The van der Waals surface area contributed by atoms with Crippen molar-refractivity contribution in [3.05, 3.63) is 22.4 Å². The summed E-state index contributed by atoms with van der Waals surface area (Å²) in [6.45, 7) is 1.22. The molecule has 3 N–H and O–H groups in total. The summed E-state index contributed by atoms with van der Waals surface area (Å²) in [5.41, 5.74) is 5.36. The first-order valence-electron chi connectivity index (χ1n) is 8.53. The van der Waals surface area contributed by atoms with Gasteiger partial charge in [-0.2, -0.15) is 0 Å². The van der Waals surface area contributed by atoms with E-state index in [9.17, 15) is 9.59 Å². The number of thiophene rings is 1. The Hall–Kier alpha value is -1.56. The summed E-state index contributed by atoms with van der Waals surface area (Å²) in [6.07, 6.45) is 6.24. The summed E-state index contributed by atoms with van der Waals surface area (Å²) in [5.74, 6) is 0.218. The van der Waals surface area contributed by atoms with Crippen molar-refractivity contribution < 1.29 is 9.59 Å². The molecule has 0 spiro atoms. The second-order valence-corrected chi connectivity index (χ2v) is 7.63. The average Bonchev–Trinajstić information content (AvgIpc) is 3.26. The Bertz CT molecular complexity index is 532. The third-order valence-corrected chi connectivity index (χ3v) is 6.14. The molecule has 5 nitrogen and oxygen atoms in total. The molecule has 1 saturated carbocycles. The molecule has 0 radical (unpaired) electrons. The monoisotopic (exact) mass is 335 g/mol. The van der Waals surface area contributed by atoms with E-state index in [0.29, 0.717) is 31.8 Å². The standard InChI is InChI=1S/C17H25N3O2S/c18-16(21)13-7-9-20(10-8-13)17(22)19-15(12-4-1-2-5-12)14-6-3-11-23-14/h3,6,11-13,15H,1-2,4-5,7-10H2,(H2,18,21)(H,19,22). The van der Waals surface area contributed by atoms with Crippen molar-refractivity contribution in [1.82, 2.24) is 10.2 Å². The normalized spacial score (nSPS) is 21.3. The summed E-state index contributed by atoms with van der Waals surface area (Å²) >= 11 is 1.72. The topological polar surface area (TPSA) is 75.4 Å². The lowest BCUT2D eigenvalue weighted by Gasteiger charge is -2.33. The molecule has 1 aliphatic carbocycles.